The smallest absolute Gasteiger partial charge is 0.316 e. The Morgan fingerprint density at radius 2 is 1.53 bits per heavy atom. The van der Waals surface area contributed by atoms with Crippen molar-refractivity contribution in [3.05, 3.63) is 95.2 Å². The van der Waals surface area contributed by atoms with E-state index >= 15 is 0 Å². The molecule has 0 aliphatic heterocycles. The molecule has 0 spiro atoms. The Morgan fingerprint density at radius 3 is 2.11 bits per heavy atom. The molecule has 1 heterocycles. The number of benzene rings is 3. The Bertz CT molecular complexity index is 1370. The van der Waals surface area contributed by atoms with Crippen molar-refractivity contribution in [2.75, 3.05) is 11.9 Å². The van der Waals surface area contributed by atoms with Crippen LogP contribution in [0.2, 0.25) is 0 Å². The quantitative estimate of drug-likeness (QED) is 0.308. The van der Waals surface area contributed by atoms with Crippen LogP contribution in [0.5, 0.6) is 0 Å². The number of nitrogens with zero attached hydrogens (tertiary/aromatic N) is 1. The molecule has 4 aromatic rings. The second-order valence-corrected chi connectivity index (χ2v) is 9.95. The highest BCUT2D eigenvalue weighted by Gasteiger charge is 2.52. The fraction of sp³-hybridized carbons (Fsp3) is 0.290. The number of nitrogens with one attached hydrogen (secondary N) is 1. The number of ether oxygens (including phenoxy) is 1. The third-order valence-corrected chi connectivity index (χ3v) is 7.60. The van der Waals surface area contributed by atoms with Crippen molar-refractivity contribution in [3.8, 4) is 22.5 Å². The van der Waals surface area contributed by atoms with E-state index in [1.165, 1.54) is 11.1 Å². The van der Waals surface area contributed by atoms with Crippen LogP contribution in [-0.4, -0.2) is 23.8 Å². The van der Waals surface area contributed by atoms with Gasteiger partial charge in [-0.3, -0.25) is 4.79 Å². The molecule has 0 saturated heterocycles. The molecule has 5 nitrogen and oxygen atoms in total. The first-order valence-electron chi connectivity index (χ1n) is 12.8. The number of carbonyl (C=O) groups is 1. The third kappa shape index (κ3) is 3.98. The molecule has 0 radical (unpaired) electrons. The highest BCUT2D eigenvalue weighted by atomic mass is 16.5. The summed E-state index contributed by atoms with van der Waals surface area (Å²) in [6, 6.07) is 25.7. The number of carbonyl (C=O) groups excluding carboxylic acids is 1. The molecule has 2 aliphatic rings. The number of esters is 1. The molecule has 1 aromatic heterocycles. The summed E-state index contributed by atoms with van der Waals surface area (Å²) in [5, 5.41) is 7.96. The predicted octanol–water partition coefficient (Wildman–Crippen LogP) is 6.49. The molecule has 1 fully saturated rings. The van der Waals surface area contributed by atoms with Gasteiger partial charge in [0.05, 0.1) is 12.0 Å². The molecule has 6 rings (SSSR count). The number of hydrogen-bond donors (Lipinski definition) is 1. The van der Waals surface area contributed by atoms with E-state index in [0.29, 0.717) is 12.6 Å². The van der Waals surface area contributed by atoms with Crippen molar-refractivity contribution in [1.82, 2.24) is 5.16 Å². The van der Waals surface area contributed by atoms with E-state index < -0.39 is 5.41 Å². The molecule has 1 N–H and O–H groups in total. The number of anilines is 1. The first-order valence-corrected chi connectivity index (χ1v) is 12.8. The molecule has 0 bridgehead atoms. The van der Waals surface area contributed by atoms with Gasteiger partial charge in [-0.2, -0.15) is 0 Å². The van der Waals surface area contributed by atoms with Gasteiger partial charge in [-0.25, -0.2) is 0 Å². The largest absolute Gasteiger partial charge is 0.465 e. The predicted molar refractivity (Wildman–Crippen MR) is 141 cm³/mol. The Hall–Kier alpha value is -3.86. The molecule has 2 aliphatic carbocycles. The molecule has 0 atom stereocenters. The van der Waals surface area contributed by atoms with E-state index in [1.807, 2.05) is 13.8 Å². The van der Waals surface area contributed by atoms with Gasteiger partial charge < -0.3 is 14.6 Å². The van der Waals surface area contributed by atoms with E-state index in [1.54, 1.807) is 0 Å². The van der Waals surface area contributed by atoms with Crippen LogP contribution < -0.4 is 5.32 Å². The summed E-state index contributed by atoms with van der Waals surface area (Å²) in [6.45, 7) is 4.26. The second kappa shape index (κ2) is 8.98. The van der Waals surface area contributed by atoms with Crippen LogP contribution in [-0.2, 0) is 27.8 Å². The van der Waals surface area contributed by atoms with Gasteiger partial charge in [0.1, 0.15) is 11.4 Å². The highest BCUT2D eigenvalue weighted by molar-refractivity contribution is 5.87. The molecule has 1 saturated carbocycles. The number of hydrogen-bond acceptors (Lipinski definition) is 5. The van der Waals surface area contributed by atoms with Crippen LogP contribution in [0.4, 0.5) is 5.69 Å². The van der Waals surface area contributed by atoms with E-state index in [9.17, 15) is 4.79 Å². The monoisotopic (exact) mass is 478 g/mol. The first kappa shape index (κ1) is 22.6. The van der Waals surface area contributed by atoms with Crippen LogP contribution >= 0.6 is 0 Å². The van der Waals surface area contributed by atoms with Crippen molar-refractivity contribution in [2.45, 2.75) is 51.0 Å². The van der Waals surface area contributed by atoms with Gasteiger partial charge in [0.25, 0.3) is 0 Å². The summed E-state index contributed by atoms with van der Waals surface area (Å²) in [5.41, 5.74) is 8.49. The normalized spacial score (nSPS) is 15.9. The summed E-state index contributed by atoms with van der Waals surface area (Å²) < 4.78 is 11.1. The summed E-state index contributed by atoms with van der Waals surface area (Å²) in [5.74, 6) is 0.672. The minimum Gasteiger partial charge on any atom is -0.465 e. The number of fused-ring (bicyclic) bond motifs is 1. The first-order chi connectivity index (χ1) is 17.6. The Morgan fingerprint density at radius 1 is 0.944 bits per heavy atom. The van der Waals surface area contributed by atoms with E-state index in [0.717, 1.165) is 65.1 Å². The number of aromatic nitrogens is 1. The summed E-state index contributed by atoms with van der Waals surface area (Å²) in [7, 11) is 0. The van der Waals surface area contributed by atoms with Gasteiger partial charge in [0.15, 0.2) is 5.76 Å². The van der Waals surface area contributed by atoms with Crippen LogP contribution in [0.15, 0.2) is 77.3 Å². The van der Waals surface area contributed by atoms with Crippen molar-refractivity contribution in [2.24, 2.45) is 0 Å². The molecule has 182 valence electrons. The lowest BCUT2D eigenvalue weighted by Gasteiger charge is -2.15. The topological polar surface area (TPSA) is 64.4 Å². The lowest BCUT2D eigenvalue weighted by molar-refractivity contribution is -0.146. The highest BCUT2D eigenvalue weighted by Crippen LogP contribution is 2.49. The zero-order valence-electron chi connectivity index (χ0n) is 20.7. The summed E-state index contributed by atoms with van der Waals surface area (Å²) in [6.07, 6.45) is 3.73. The van der Waals surface area contributed by atoms with Gasteiger partial charge in [0.2, 0.25) is 0 Å². The molecule has 3 aromatic carbocycles. The van der Waals surface area contributed by atoms with Crippen LogP contribution in [0, 0.1) is 6.92 Å². The molecule has 36 heavy (non-hydrogen) atoms. The minimum atomic E-state index is -0.438. The maximum Gasteiger partial charge on any atom is 0.316 e. The number of aryl methyl sites for hydroxylation is 1. The van der Waals surface area contributed by atoms with Gasteiger partial charge >= 0.3 is 5.97 Å². The average molecular weight is 479 g/mol. The van der Waals surface area contributed by atoms with E-state index in [2.05, 4.69) is 83.3 Å². The maximum atomic E-state index is 12.4. The maximum absolute atomic E-state index is 12.4. The molecule has 5 heteroatoms. The Balaban J connectivity index is 1.19. The zero-order chi connectivity index (χ0) is 24.7. The van der Waals surface area contributed by atoms with Crippen LogP contribution in [0.3, 0.4) is 0 Å². The third-order valence-electron chi connectivity index (χ3n) is 7.60. The van der Waals surface area contributed by atoms with Crippen molar-refractivity contribution >= 4 is 11.7 Å². The summed E-state index contributed by atoms with van der Waals surface area (Å²) >= 11 is 0. The van der Waals surface area contributed by atoms with Crippen molar-refractivity contribution in [1.29, 1.82) is 0 Å². The zero-order valence-corrected chi connectivity index (χ0v) is 20.7. The van der Waals surface area contributed by atoms with Crippen molar-refractivity contribution in [3.63, 3.8) is 0 Å². The fourth-order valence-corrected chi connectivity index (χ4v) is 5.40. The molecule has 0 unspecified atom stereocenters. The van der Waals surface area contributed by atoms with Gasteiger partial charge in [-0.15, -0.1) is 0 Å². The van der Waals surface area contributed by atoms with E-state index in [4.69, 9.17) is 9.26 Å². The molecule has 0 amide bonds. The lowest BCUT2D eigenvalue weighted by atomic mass is 9.93. The minimum absolute atomic E-state index is 0.102. The standard InChI is InChI=1S/C31H30N2O3/c1-3-35-30(34)31(16-17-31)26-14-12-22(13-15-26)21-8-10-23(11-9-21)29-28(20(2)33-36-29)32-27-18-24-6-4-5-7-25(24)19-27/h4-15,27,32H,3,16-19H2,1-2H3. The fourth-order valence-electron chi connectivity index (χ4n) is 5.40. The SMILES string of the molecule is CCOC(=O)C1(c2ccc(-c3ccc(-c4onc(C)c4NC4Cc5ccccc5C4)cc3)cc2)CC1. The molecular weight excluding hydrogens is 448 g/mol. The van der Waals surface area contributed by atoms with Gasteiger partial charge in [-0.05, 0) is 67.3 Å². The van der Waals surface area contributed by atoms with Crippen LogP contribution in [0.25, 0.3) is 22.5 Å². The lowest BCUT2D eigenvalue weighted by Crippen LogP contribution is -2.23. The Kier molecular flexibility index (Phi) is 5.63. The Labute approximate surface area is 211 Å². The van der Waals surface area contributed by atoms with Crippen LogP contribution in [0.1, 0.15) is 42.1 Å². The molecular formula is C31H30N2O3. The average Bonchev–Trinajstić information content (AvgIpc) is 3.50. The van der Waals surface area contributed by atoms with E-state index in [-0.39, 0.29) is 5.97 Å². The van der Waals surface area contributed by atoms with Gasteiger partial charge in [-0.1, -0.05) is 78.0 Å². The van der Waals surface area contributed by atoms with Crippen molar-refractivity contribution < 1.29 is 14.1 Å². The van der Waals surface area contributed by atoms with Gasteiger partial charge in [0, 0.05) is 11.6 Å². The summed E-state index contributed by atoms with van der Waals surface area (Å²) in [4.78, 5) is 12.4. The number of rotatable bonds is 7. The second-order valence-electron chi connectivity index (χ2n) is 9.95.